The van der Waals surface area contributed by atoms with Gasteiger partial charge in [-0.15, -0.1) is 11.3 Å². The zero-order chi connectivity index (χ0) is 15.6. The van der Waals surface area contributed by atoms with Gasteiger partial charge in [-0.05, 0) is 51.7 Å². The molecule has 7 heteroatoms. The molecule has 0 radical (unpaired) electrons. The van der Waals surface area contributed by atoms with Crippen LogP contribution in [0.3, 0.4) is 0 Å². The molecule has 0 amide bonds. The normalized spacial score (nSPS) is 13.6. The zero-order valence-electron chi connectivity index (χ0n) is 11.5. The van der Waals surface area contributed by atoms with Crippen molar-refractivity contribution in [3.05, 3.63) is 51.6 Å². The summed E-state index contributed by atoms with van der Waals surface area (Å²) in [5.41, 5.74) is 0.741. The Morgan fingerprint density at radius 3 is 2.24 bits per heavy atom. The van der Waals surface area contributed by atoms with E-state index in [0.29, 0.717) is 0 Å². The average Bonchev–Trinajstić information content (AvgIpc) is 2.84. The maximum absolute atomic E-state index is 13.0. The minimum Gasteiger partial charge on any atom is -0.207 e. The van der Waals surface area contributed by atoms with Gasteiger partial charge in [0.15, 0.2) is 0 Å². The highest BCUT2D eigenvalue weighted by Crippen LogP contribution is 2.29. The number of hydrogen-bond donors (Lipinski definition) is 1. The van der Waals surface area contributed by atoms with Gasteiger partial charge in [0.25, 0.3) is 10.0 Å². The van der Waals surface area contributed by atoms with Gasteiger partial charge in [0.05, 0.1) is 3.79 Å². The fraction of sp³-hybridized carbons (Fsp3) is 0.286. The lowest BCUT2D eigenvalue weighted by Crippen LogP contribution is -2.31. The summed E-state index contributed by atoms with van der Waals surface area (Å²) in [4.78, 5) is 0. The number of nitrogens with one attached hydrogen (secondary N) is 1. The number of sulfonamides is 1. The van der Waals surface area contributed by atoms with Gasteiger partial charge in [0, 0.05) is 6.04 Å². The molecule has 0 aliphatic rings. The lowest BCUT2D eigenvalue weighted by molar-refractivity contribution is 0.463. The SMILES string of the molecule is CC(C)C(NS(=O)(=O)c1ccc(Br)s1)c1ccc(F)cc1. The standard InChI is InChI=1S/C14H15BrFNO2S2/c1-9(2)14(10-3-5-11(16)6-4-10)17-21(18,19)13-8-7-12(15)20-13/h3-9,14,17H,1-2H3. The van der Waals surface area contributed by atoms with Gasteiger partial charge in [0.1, 0.15) is 10.0 Å². The molecule has 0 spiro atoms. The van der Waals surface area contributed by atoms with Crippen molar-refractivity contribution < 1.29 is 12.8 Å². The van der Waals surface area contributed by atoms with E-state index in [4.69, 9.17) is 0 Å². The van der Waals surface area contributed by atoms with E-state index >= 15 is 0 Å². The topological polar surface area (TPSA) is 46.2 Å². The third-order valence-corrected chi connectivity index (χ3v) is 6.55. The molecule has 1 aromatic heterocycles. The predicted octanol–water partition coefficient (Wildman–Crippen LogP) is 4.33. The first-order chi connectivity index (χ1) is 9.79. The summed E-state index contributed by atoms with van der Waals surface area (Å²) in [7, 11) is -3.60. The molecule has 1 atom stereocenters. The molecule has 0 aliphatic heterocycles. The molecule has 1 heterocycles. The van der Waals surface area contributed by atoms with Gasteiger partial charge in [-0.2, -0.15) is 0 Å². The van der Waals surface area contributed by atoms with Crippen molar-refractivity contribution in [2.24, 2.45) is 5.92 Å². The number of halogens is 2. The fourth-order valence-electron chi connectivity index (χ4n) is 1.93. The molecule has 0 saturated carbocycles. The molecule has 0 bridgehead atoms. The van der Waals surface area contributed by atoms with E-state index in [-0.39, 0.29) is 15.9 Å². The molecule has 21 heavy (non-hydrogen) atoms. The van der Waals surface area contributed by atoms with Crippen molar-refractivity contribution in [1.82, 2.24) is 4.72 Å². The van der Waals surface area contributed by atoms with Crippen LogP contribution in [0.4, 0.5) is 4.39 Å². The number of hydrogen-bond acceptors (Lipinski definition) is 3. The first kappa shape index (κ1) is 16.6. The van der Waals surface area contributed by atoms with Crippen LogP contribution in [0.5, 0.6) is 0 Å². The van der Waals surface area contributed by atoms with Crippen LogP contribution in [0.1, 0.15) is 25.5 Å². The second-order valence-corrected chi connectivity index (χ2v) is 9.36. The molecule has 1 N–H and O–H groups in total. The summed E-state index contributed by atoms with van der Waals surface area (Å²) in [5.74, 6) is -0.306. The van der Waals surface area contributed by atoms with E-state index < -0.39 is 16.1 Å². The Hall–Kier alpha value is -0.760. The number of benzene rings is 1. The minimum atomic E-state index is -3.60. The molecule has 0 fully saturated rings. The van der Waals surface area contributed by atoms with Crippen LogP contribution in [0.2, 0.25) is 0 Å². The van der Waals surface area contributed by atoms with Crippen molar-refractivity contribution in [2.75, 3.05) is 0 Å². The van der Waals surface area contributed by atoms with E-state index in [1.54, 1.807) is 24.3 Å². The molecule has 2 aromatic rings. The summed E-state index contributed by atoms with van der Waals surface area (Å²) >= 11 is 4.41. The van der Waals surface area contributed by atoms with Crippen molar-refractivity contribution in [1.29, 1.82) is 0 Å². The Morgan fingerprint density at radius 2 is 1.76 bits per heavy atom. The van der Waals surface area contributed by atoms with Crippen LogP contribution in [-0.2, 0) is 10.0 Å². The third-order valence-electron chi connectivity index (χ3n) is 2.99. The van der Waals surface area contributed by atoms with Crippen LogP contribution in [0.15, 0.2) is 44.4 Å². The molecule has 2 rings (SSSR count). The van der Waals surface area contributed by atoms with Crippen LogP contribution < -0.4 is 4.72 Å². The summed E-state index contributed by atoms with van der Waals surface area (Å²) in [6, 6.07) is 8.72. The Morgan fingerprint density at radius 1 is 1.14 bits per heavy atom. The molecule has 1 unspecified atom stereocenters. The molecule has 1 aromatic carbocycles. The predicted molar refractivity (Wildman–Crippen MR) is 86.3 cm³/mol. The summed E-state index contributed by atoms with van der Waals surface area (Å²) in [5, 5.41) is 0. The van der Waals surface area contributed by atoms with Crippen molar-refractivity contribution in [2.45, 2.75) is 24.1 Å². The zero-order valence-corrected chi connectivity index (χ0v) is 14.7. The molecular weight excluding hydrogens is 377 g/mol. The Kier molecular flexibility index (Phi) is 5.19. The summed E-state index contributed by atoms with van der Waals surface area (Å²) in [6.45, 7) is 3.84. The minimum absolute atomic E-state index is 0.0358. The summed E-state index contributed by atoms with van der Waals surface area (Å²) in [6.07, 6.45) is 0. The van der Waals surface area contributed by atoms with Gasteiger partial charge >= 0.3 is 0 Å². The third kappa shape index (κ3) is 4.12. The average molecular weight is 392 g/mol. The van der Waals surface area contributed by atoms with Crippen molar-refractivity contribution in [3.63, 3.8) is 0 Å². The molecular formula is C14H15BrFNO2S2. The van der Waals surface area contributed by atoms with E-state index in [9.17, 15) is 12.8 Å². The Balaban J connectivity index is 2.30. The smallest absolute Gasteiger partial charge is 0.207 e. The van der Waals surface area contributed by atoms with Gasteiger partial charge in [-0.25, -0.2) is 17.5 Å². The van der Waals surface area contributed by atoms with Gasteiger partial charge in [-0.3, -0.25) is 0 Å². The number of rotatable bonds is 5. The highest BCUT2D eigenvalue weighted by Gasteiger charge is 2.25. The Bertz CT molecular complexity index is 711. The molecule has 3 nitrogen and oxygen atoms in total. The first-order valence-electron chi connectivity index (χ1n) is 6.33. The van der Waals surface area contributed by atoms with E-state index in [1.807, 2.05) is 13.8 Å². The van der Waals surface area contributed by atoms with Crippen LogP contribution in [0, 0.1) is 11.7 Å². The number of thiophene rings is 1. The maximum atomic E-state index is 13.0. The lowest BCUT2D eigenvalue weighted by atomic mass is 9.97. The van der Waals surface area contributed by atoms with Gasteiger partial charge in [-0.1, -0.05) is 26.0 Å². The van der Waals surface area contributed by atoms with Crippen LogP contribution in [-0.4, -0.2) is 8.42 Å². The van der Waals surface area contributed by atoms with Crippen LogP contribution in [0.25, 0.3) is 0 Å². The maximum Gasteiger partial charge on any atom is 0.250 e. The van der Waals surface area contributed by atoms with Crippen LogP contribution >= 0.6 is 27.3 Å². The second kappa shape index (κ2) is 6.56. The first-order valence-corrected chi connectivity index (χ1v) is 9.42. The highest BCUT2D eigenvalue weighted by atomic mass is 79.9. The molecule has 0 saturated heterocycles. The van der Waals surface area contributed by atoms with E-state index in [2.05, 4.69) is 20.7 Å². The molecule has 114 valence electrons. The fourth-order valence-corrected chi connectivity index (χ4v) is 5.33. The second-order valence-electron chi connectivity index (χ2n) is 4.95. The largest absolute Gasteiger partial charge is 0.250 e. The molecule has 0 aliphatic carbocycles. The Labute approximate surface area is 136 Å². The van der Waals surface area contributed by atoms with Gasteiger partial charge in [0.2, 0.25) is 0 Å². The monoisotopic (exact) mass is 391 g/mol. The quantitative estimate of drug-likeness (QED) is 0.824. The van der Waals surface area contributed by atoms with E-state index in [1.165, 1.54) is 12.1 Å². The highest BCUT2D eigenvalue weighted by molar-refractivity contribution is 9.11. The van der Waals surface area contributed by atoms with Crippen molar-refractivity contribution in [3.8, 4) is 0 Å². The lowest BCUT2D eigenvalue weighted by Gasteiger charge is -2.22. The van der Waals surface area contributed by atoms with Crippen molar-refractivity contribution >= 4 is 37.3 Å². The van der Waals surface area contributed by atoms with Gasteiger partial charge < -0.3 is 0 Å². The van der Waals surface area contributed by atoms with E-state index in [0.717, 1.165) is 20.7 Å². The summed E-state index contributed by atoms with van der Waals surface area (Å²) < 4.78 is 41.5.